The summed E-state index contributed by atoms with van der Waals surface area (Å²) in [5.74, 6) is 0.803. The third kappa shape index (κ3) is 3.06. The van der Waals surface area contributed by atoms with Crippen molar-refractivity contribution in [3.63, 3.8) is 0 Å². The second-order valence-corrected chi connectivity index (χ2v) is 7.19. The molecule has 138 valence electrons. The average Bonchev–Trinajstić information content (AvgIpc) is 3.10. The van der Waals surface area contributed by atoms with Gasteiger partial charge < -0.3 is 14.8 Å². The number of fused-ring (bicyclic) bond motifs is 1. The Morgan fingerprint density at radius 3 is 2.67 bits per heavy atom. The highest BCUT2D eigenvalue weighted by atomic mass is 32.1. The van der Waals surface area contributed by atoms with E-state index >= 15 is 0 Å². The van der Waals surface area contributed by atoms with Crippen molar-refractivity contribution in [3.05, 3.63) is 64.1 Å². The number of ether oxygens (including phenoxy) is 2. The molecule has 0 radical (unpaired) electrons. The van der Waals surface area contributed by atoms with Crippen LogP contribution in [0.15, 0.2) is 47.8 Å². The summed E-state index contributed by atoms with van der Waals surface area (Å²) >= 11 is 1.52. The second-order valence-electron chi connectivity index (χ2n) is 6.28. The van der Waals surface area contributed by atoms with E-state index in [1.807, 2.05) is 23.6 Å². The normalized spacial score (nSPS) is 15.8. The summed E-state index contributed by atoms with van der Waals surface area (Å²) in [4.78, 5) is 13.4. The minimum atomic E-state index is -0.312. The molecule has 0 unspecified atom stereocenters. The molecule has 3 aromatic rings. The van der Waals surface area contributed by atoms with Gasteiger partial charge in [0.1, 0.15) is 17.3 Å². The number of benzene rings is 2. The number of halogens is 1. The molecule has 1 aliphatic heterocycles. The van der Waals surface area contributed by atoms with Crippen LogP contribution in [0.25, 0.3) is 11.1 Å². The molecule has 0 bridgehead atoms. The van der Waals surface area contributed by atoms with Crippen LogP contribution in [0.2, 0.25) is 0 Å². The predicted molar refractivity (Wildman–Crippen MR) is 104 cm³/mol. The van der Waals surface area contributed by atoms with E-state index in [-0.39, 0.29) is 17.6 Å². The molecular formula is C21H18FNO3S. The Morgan fingerprint density at radius 1 is 1.11 bits per heavy atom. The van der Waals surface area contributed by atoms with Crippen LogP contribution in [0.3, 0.4) is 0 Å². The van der Waals surface area contributed by atoms with Crippen LogP contribution in [0.4, 0.5) is 10.1 Å². The van der Waals surface area contributed by atoms with E-state index in [2.05, 4.69) is 5.32 Å². The molecule has 1 amide bonds. The summed E-state index contributed by atoms with van der Waals surface area (Å²) in [6, 6.07) is 12.1. The molecule has 2 heterocycles. The minimum Gasteiger partial charge on any atom is -0.497 e. The second kappa shape index (κ2) is 7.04. The summed E-state index contributed by atoms with van der Waals surface area (Å²) in [7, 11) is 3.21. The van der Waals surface area contributed by atoms with Crippen molar-refractivity contribution in [2.75, 3.05) is 19.5 Å². The molecule has 0 fully saturated rings. The summed E-state index contributed by atoms with van der Waals surface area (Å²) in [5.41, 5.74) is 2.74. The van der Waals surface area contributed by atoms with Crippen molar-refractivity contribution in [3.8, 4) is 22.6 Å². The largest absolute Gasteiger partial charge is 0.497 e. The average molecular weight is 383 g/mol. The number of methoxy groups -OCH3 is 2. The Hall–Kier alpha value is -2.86. The Labute approximate surface area is 160 Å². The Balaban J connectivity index is 1.86. The molecule has 6 heteroatoms. The van der Waals surface area contributed by atoms with Crippen molar-refractivity contribution < 1.29 is 18.7 Å². The van der Waals surface area contributed by atoms with Gasteiger partial charge in [-0.3, -0.25) is 4.79 Å². The van der Waals surface area contributed by atoms with Crippen molar-refractivity contribution in [2.24, 2.45) is 0 Å². The van der Waals surface area contributed by atoms with Gasteiger partial charge in [0.15, 0.2) is 0 Å². The van der Waals surface area contributed by atoms with E-state index in [4.69, 9.17) is 9.47 Å². The lowest BCUT2D eigenvalue weighted by Crippen LogP contribution is -2.22. The number of nitrogens with one attached hydrogen (secondary N) is 1. The lowest BCUT2D eigenvalue weighted by Gasteiger charge is -2.25. The summed E-state index contributed by atoms with van der Waals surface area (Å²) in [6.45, 7) is 0. The number of carbonyl (C=O) groups excluding carboxylic acids is 1. The monoisotopic (exact) mass is 383 g/mol. The number of hydrogen-bond acceptors (Lipinski definition) is 4. The van der Waals surface area contributed by atoms with Gasteiger partial charge >= 0.3 is 0 Å². The highest BCUT2D eigenvalue weighted by Gasteiger charge is 2.32. The molecule has 0 saturated carbocycles. The molecule has 1 atom stereocenters. The predicted octanol–water partition coefficient (Wildman–Crippen LogP) is 5.05. The third-order valence-electron chi connectivity index (χ3n) is 4.77. The number of thiophene rings is 1. The maximum atomic E-state index is 14.3. The molecule has 27 heavy (non-hydrogen) atoms. The van der Waals surface area contributed by atoms with E-state index in [1.165, 1.54) is 17.4 Å². The number of anilines is 1. The molecule has 4 nitrogen and oxygen atoms in total. The van der Waals surface area contributed by atoms with Gasteiger partial charge in [-0.2, -0.15) is 0 Å². The van der Waals surface area contributed by atoms with Gasteiger partial charge in [-0.1, -0.05) is 18.2 Å². The smallest absolute Gasteiger partial charge is 0.225 e. The summed E-state index contributed by atoms with van der Waals surface area (Å²) in [5, 5.41) is 4.83. The van der Waals surface area contributed by atoms with Gasteiger partial charge in [-0.25, -0.2) is 4.39 Å². The van der Waals surface area contributed by atoms with Crippen molar-refractivity contribution >= 4 is 22.9 Å². The number of hydrogen-bond donors (Lipinski definition) is 1. The first-order valence-corrected chi connectivity index (χ1v) is 9.38. The maximum Gasteiger partial charge on any atom is 0.225 e. The van der Waals surface area contributed by atoms with E-state index in [9.17, 15) is 9.18 Å². The number of amides is 1. The molecule has 1 N–H and O–H groups in total. The van der Waals surface area contributed by atoms with Crippen molar-refractivity contribution in [2.45, 2.75) is 12.3 Å². The Kier molecular flexibility index (Phi) is 4.58. The van der Waals surface area contributed by atoms with Gasteiger partial charge in [0, 0.05) is 39.3 Å². The van der Waals surface area contributed by atoms with Crippen LogP contribution in [0.5, 0.6) is 11.5 Å². The van der Waals surface area contributed by atoms with E-state index < -0.39 is 0 Å². The van der Waals surface area contributed by atoms with Gasteiger partial charge in [0.05, 0.1) is 19.9 Å². The standard InChI is InChI=1S/C21H18FNO3S/c1-25-12-7-8-18(26-2)14(9-12)15-10-19(24)23-20-16(11-27-21(15)20)13-5-3-4-6-17(13)22/h3-9,11,15H,10H2,1-2H3,(H,23,24)/t15-/m0/s1. The Morgan fingerprint density at radius 2 is 1.93 bits per heavy atom. The van der Waals surface area contributed by atoms with Gasteiger partial charge in [-0.15, -0.1) is 11.3 Å². The molecule has 0 aliphatic carbocycles. The molecule has 1 aliphatic rings. The molecule has 0 saturated heterocycles. The molecular weight excluding hydrogens is 365 g/mol. The highest BCUT2D eigenvalue weighted by molar-refractivity contribution is 7.11. The van der Waals surface area contributed by atoms with Crippen molar-refractivity contribution in [1.82, 2.24) is 0 Å². The minimum absolute atomic E-state index is 0.103. The molecule has 0 spiro atoms. The van der Waals surface area contributed by atoms with Crippen molar-refractivity contribution in [1.29, 1.82) is 0 Å². The van der Waals surface area contributed by atoms with Crippen LogP contribution in [0.1, 0.15) is 22.8 Å². The van der Waals surface area contributed by atoms with Crippen LogP contribution in [-0.2, 0) is 4.79 Å². The van der Waals surface area contributed by atoms with E-state index in [1.54, 1.807) is 32.4 Å². The van der Waals surface area contributed by atoms with Gasteiger partial charge in [0.25, 0.3) is 0 Å². The fourth-order valence-corrected chi connectivity index (χ4v) is 4.61. The fraction of sp³-hybridized carbons (Fsp3) is 0.190. The van der Waals surface area contributed by atoms with Gasteiger partial charge in [-0.05, 0) is 24.3 Å². The first kappa shape index (κ1) is 17.5. The third-order valence-corrected chi connectivity index (χ3v) is 5.86. The first-order valence-electron chi connectivity index (χ1n) is 8.50. The van der Waals surface area contributed by atoms with Crippen LogP contribution < -0.4 is 14.8 Å². The van der Waals surface area contributed by atoms with Gasteiger partial charge in [0.2, 0.25) is 5.91 Å². The molecule has 1 aromatic heterocycles. The SMILES string of the molecule is COc1ccc(OC)c([C@@H]2CC(=O)Nc3c(-c4ccccc4F)csc32)c1. The fourth-order valence-electron chi connectivity index (χ4n) is 3.47. The zero-order valence-electron chi connectivity index (χ0n) is 14.9. The Bertz CT molecular complexity index is 1010. The summed E-state index contributed by atoms with van der Waals surface area (Å²) < 4.78 is 25.2. The number of carbonyl (C=O) groups is 1. The lowest BCUT2D eigenvalue weighted by atomic mass is 9.88. The topological polar surface area (TPSA) is 47.6 Å². The van der Waals surface area contributed by atoms with Crippen LogP contribution in [0, 0.1) is 5.82 Å². The molecule has 4 rings (SSSR count). The quantitative estimate of drug-likeness (QED) is 0.686. The number of rotatable bonds is 4. The van der Waals surface area contributed by atoms with E-state index in [0.717, 1.165) is 10.4 Å². The van der Waals surface area contributed by atoms with Crippen LogP contribution >= 0.6 is 11.3 Å². The first-order chi connectivity index (χ1) is 13.1. The van der Waals surface area contributed by atoms with E-state index in [0.29, 0.717) is 34.7 Å². The highest BCUT2D eigenvalue weighted by Crippen LogP contribution is 2.49. The maximum absolute atomic E-state index is 14.3. The molecule has 2 aromatic carbocycles. The summed E-state index contributed by atoms with van der Waals surface area (Å²) in [6.07, 6.45) is 0.299. The van der Waals surface area contributed by atoms with Crippen LogP contribution in [-0.4, -0.2) is 20.1 Å². The lowest BCUT2D eigenvalue weighted by molar-refractivity contribution is -0.116. The zero-order chi connectivity index (χ0) is 19.0. The zero-order valence-corrected chi connectivity index (χ0v) is 15.7.